The van der Waals surface area contributed by atoms with Crippen LogP contribution in [0.2, 0.25) is 0 Å². The van der Waals surface area contributed by atoms with Crippen molar-refractivity contribution < 1.29 is 48.3 Å². The summed E-state index contributed by atoms with van der Waals surface area (Å²) in [5.74, 6) is -0.474. The minimum Gasteiger partial charge on any atom is -0.497 e. The van der Waals surface area contributed by atoms with E-state index in [0.717, 1.165) is 11.1 Å². The molecule has 0 aliphatic carbocycles. The number of carboxylic acids is 2. The quantitative estimate of drug-likeness (QED) is 0.141. The summed E-state index contributed by atoms with van der Waals surface area (Å²) < 4.78 is 20.6. The lowest BCUT2D eigenvalue weighted by Crippen LogP contribution is -1.99. The molecule has 0 saturated heterocycles. The van der Waals surface area contributed by atoms with Crippen LogP contribution in [-0.2, 0) is 9.59 Å². The summed E-state index contributed by atoms with van der Waals surface area (Å²) in [5.41, 5.74) is 2.83. The number of hydrogen-bond acceptors (Lipinski definition) is 10. The molecule has 48 heavy (non-hydrogen) atoms. The normalized spacial score (nSPS) is 10.3. The van der Waals surface area contributed by atoms with Crippen molar-refractivity contribution in [3.05, 3.63) is 132 Å². The van der Waals surface area contributed by atoms with Crippen LogP contribution in [0.3, 0.4) is 0 Å². The number of carboxylic acid groups (broad SMARTS) is 2. The first-order valence-electron chi connectivity index (χ1n) is 13.9. The number of rotatable bonds is 12. The van der Waals surface area contributed by atoms with E-state index in [9.17, 15) is 19.2 Å². The molecule has 0 aliphatic heterocycles. The van der Waals surface area contributed by atoms with E-state index < -0.39 is 11.9 Å². The second-order valence-corrected chi connectivity index (χ2v) is 9.10. The molecular formula is C36H34N2O10. The Bertz CT molecular complexity index is 1620. The molecule has 0 radical (unpaired) electrons. The average Bonchev–Trinajstić information content (AvgIpc) is 3.12. The van der Waals surface area contributed by atoms with Crippen molar-refractivity contribution >= 4 is 35.7 Å². The van der Waals surface area contributed by atoms with Gasteiger partial charge < -0.3 is 29.2 Å². The highest BCUT2D eigenvalue weighted by atomic mass is 16.5. The Morgan fingerprint density at radius 1 is 0.521 bits per heavy atom. The Morgan fingerprint density at radius 3 is 1.17 bits per heavy atom. The molecule has 2 aromatic heterocycles. The number of hydrogen-bond donors (Lipinski definition) is 2. The SMILES string of the molecule is COc1ccc(C(=O)/C=C\c2ccncc2)c(OC)c1.COc1ccc(C(=O)/C=C\c2ccncc2)c(OC)c1.O=C(O)/C=C/C(=O)O. The van der Waals surface area contributed by atoms with Gasteiger partial charge in [0.2, 0.25) is 0 Å². The van der Waals surface area contributed by atoms with E-state index in [2.05, 4.69) is 9.97 Å². The lowest BCUT2D eigenvalue weighted by Gasteiger charge is -2.07. The van der Waals surface area contributed by atoms with Gasteiger partial charge in [0.15, 0.2) is 11.6 Å². The number of methoxy groups -OCH3 is 4. The third-order valence-corrected chi connectivity index (χ3v) is 5.98. The van der Waals surface area contributed by atoms with Gasteiger partial charge in [0, 0.05) is 49.1 Å². The largest absolute Gasteiger partial charge is 0.497 e. The minimum atomic E-state index is -1.26. The average molecular weight is 655 g/mol. The molecule has 0 aliphatic rings. The lowest BCUT2D eigenvalue weighted by molar-refractivity contribution is -0.134. The number of aliphatic carboxylic acids is 2. The monoisotopic (exact) mass is 654 g/mol. The first-order valence-corrected chi connectivity index (χ1v) is 13.9. The van der Waals surface area contributed by atoms with E-state index in [1.807, 2.05) is 24.3 Å². The molecule has 0 fully saturated rings. The van der Waals surface area contributed by atoms with Crippen molar-refractivity contribution in [3.63, 3.8) is 0 Å². The van der Waals surface area contributed by atoms with Gasteiger partial charge >= 0.3 is 11.9 Å². The Kier molecular flexibility index (Phi) is 16.0. The molecule has 0 bridgehead atoms. The molecule has 248 valence electrons. The molecule has 4 aromatic rings. The Labute approximate surface area is 277 Å². The summed E-state index contributed by atoms with van der Waals surface area (Å²) in [6.45, 7) is 0. The first-order chi connectivity index (χ1) is 23.1. The summed E-state index contributed by atoms with van der Waals surface area (Å²) in [4.78, 5) is 51.3. The lowest BCUT2D eigenvalue weighted by atomic mass is 10.1. The van der Waals surface area contributed by atoms with Crippen LogP contribution in [0, 0.1) is 0 Å². The van der Waals surface area contributed by atoms with Gasteiger partial charge in [0.05, 0.1) is 39.6 Å². The van der Waals surface area contributed by atoms with Crippen molar-refractivity contribution in [2.24, 2.45) is 0 Å². The van der Waals surface area contributed by atoms with Gasteiger partial charge in [-0.15, -0.1) is 0 Å². The standard InChI is InChI=1S/2C16H15NO3.C4H4O4/c2*1-19-13-4-5-14(16(11-13)20-2)15(18)6-3-12-7-9-17-10-8-12;5-3(6)1-2-4(7)8/h2*3-11H,1-2H3;1-2H,(H,5,6)(H,7,8)/b2*6-3-;2-1+. The molecule has 0 unspecified atom stereocenters. The van der Waals surface area contributed by atoms with Crippen LogP contribution in [0.4, 0.5) is 0 Å². The maximum absolute atomic E-state index is 12.2. The van der Waals surface area contributed by atoms with Gasteiger partial charge in [0.1, 0.15) is 23.0 Å². The highest BCUT2D eigenvalue weighted by Crippen LogP contribution is 2.26. The van der Waals surface area contributed by atoms with Crippen molar-refractivity contribution in [1.29, 1.82) is 0 Å². The van der Waals surface area contributed by atoms with Crippen LogP contribution in [-0.4, -0.2) is 72.1 Å². The van der Waals surface area contributed by atoms with E-state index in [0.29, 0.717) is 46.3 Å². The molecule has 0 spiro atoms. The molecule has 2 heterocycles. The molecule has 0 amide bonds. The molecule has 12 nitrogen and oxygen atoms in total. The predicted octanol–water partition coefficient (Wildman–Crippen LogP) is 5.70. The van der Waals surface area contributed by atoms with Crippen molar-refractivity contribution in [3.8, 4) is 23.0 Å². The van der Waals surface area contributed by atoms with Crippen LogP contribution in [0.25, 0.3) is 12.2 Å². The second kappa shape index (κ2) is 20.5. The molecule has 0 saturated carbocycles. The van der Waals surface area contributed by atoms with E-state index in [4.69, 9.17) is 29.2 Å². The smallest absolute Gasteiger partial charge is 0.328 e. The predicted molar refractivity (Wildman–Crippen MR) is 179 cm³/mol. The molecule has 12 heteroatoms. The fraction of sp³-hybridized carbons (Fsp3) is 0.111. The zero-order chi connectivity index (χ0) is 35.3. The summed E-state index contributed by atoms with van der Waals surface area (Å²) in [6, 6.07) is 17.5. The van der Waals surface area contributed by atoms with Crippen molar-refractivity contribution in [2.45, 2.75) is 0 Å². The zero-order valence-electron chi connectivity index (χ0n) is 26.6. The summed E-state index contributed by atoms with van der Waals surface area (Å²) in [7, 11) is 6.19. The zero-order valence-corrected chi connectivity index (χ0v) is 26.6. The van der Waals surface area contributed by atoms with Crippen LogP contribution < -0.4 is 18.9 Å². The van der Waals surface area contributed by atoms with Gasteiger partial charge in [-0.3, -0.25) is 19.6 Å². The fourth-order valence-electron chi connectivity index (χ4n) is 3.62. The maximum Gasteiger partial charge on any atom is 0.328 e. The molecular weight excluding hydrogens is 620 g/mol. The topological polar surface area (TPSA) is 171 Å². The number of benzene rings is 2. The van der Waals surface area contributed by atoms with Gasteiger partial charge in [-0.25, -0.2) is 9.59 Å². The number of pyridine rings is 2. The molecule has 4 rings (SSSR count). The van der Waals surface area contributed by atoms with E-state index in [-0.39, 0.29) is 11.6 Å². The summed E-state index contributed by atoms with van der Waals surface area (Å²) in [6.07, 6.45) is 14.3. The Hall–Kier alpha value is -6.56. The van der Waals surface area contributed by atoms with Gasteiger partial charge in [0.25, 0.3) is 0 Å². The van der Waals surface area contributed by atoms with E-state index >= 15 is 0 Å². The van der Waals surface area contributed by atoms with Crippen LogP contribution in [0.1, 0.15) is 31.8 Å². The number of carbonyl (C=O) groups is 4. The molecule has 0 atom stereocenters. The fourth-order valence-corrected chi connectivity index (χ4v) is 3.62. The molecule has 2 aromatic carbocycles. The number of ether oxygens (including phenoxy) is 4. The van der Waals surface area contributed by atoms with Crippen LogP contribution in [0.15, 0.2) is 110 Å². The maximum atomic E-state index is 12.2. The number of carbonyl (C=O) groups excluding carboxylic acids is 2. The highest BCUT2D eigenvalue weighted by Gasteiger charge is 2.11. The number of aromatic nitrogens is 2. The number of ketones is 2. The van der Waals surface area contributed by atoms with Gasteiger partial charge in [-0.05, 0) is 71.8 Å². The second-order valence-electron chi connectivity index (χ2n) is 9.10. The summed E-state index contributed by atoms with van der Waals surface area (Å²) >= 11 is 0. The van der Waals surface area contributed by atoms with E-state index in [1.165, 1.54) is 26.4 Å². The summed E-state index contributed by atoms with van der Waals surface area (Å²) in [5, 5.41) is 15.6. The molecule has 2 N–H and O–H groups in total. The minimum absolute atomic E-state index is 0.124. The third kappa shape index (κ3) is 13.2. The van der Waals surface area contributed by atoms with Crippen LogP contribution in [0.5, 0.6) is 23.0 Å². The van der Waals surface area contributed by atoms with E-state index in [1.54, 1.807) is 87.6 Å². The highest BCUT2D eigenvalue weighted by molar-refractivity contribution is 6.09. The number of nitrogens with zero attached hydrogens (tertiary/aromatic N) is 2. The van der Waals surface area contributed by atoms with Crippen LogP contribution >= 0.6 is 0 Å². The first kappa shape index (κ1) is 37.6. The van der Waals surface area contributed by atoms with Crippen molar-refractivity contribution in [1.82, 2.24) is 9.97 Å². The Balaban J connectivity index is 0.000000274. The van der Waals surface area contributed by atoms with Gasteiger partial charge in [-0.1, -0.05) is 12.2 Å². The Morgan fingerprint density at radius 2 is 0.875 bits per heavy atom. The van der Waals surface area contributed by atoms with Gasteiger partial charge in [-0.2, -0.15) is 0 Å². The third-order valence-electron chi connectivity index (χ3n) is 5.98. The number of allylic oxidation sites excluding steroid dienone is 2. The van der Waals surface area contributed by atoms with Crippen molar-refractivity contribution in [2.75, 3.05) is 28.4 Å².